The molecule has 0 atom stereocenters. The summed E-state index contributed by atoms with van der Waals surface area (Å²) in [7, 11) is 0. The van der Waals surface area contributed by atoms with Crippen LogP contribution >= 0.6 is 0 Å². The zero-order valence-corrected chi connectivity index (χ0v) is 12.2. The number of anilines is 1. The van der Waals surface area contributed by atoms with Crippen LogP contribution in [0.2, 0.25) is 0 Å². The highest BCUT2D eigenvalue weighted by Gasteiger charge is 2.12. The molecule has 0 aliphatic carbocycles. The average Bonchev–Trinajstić information content (AvgIpc) is 2.92. The van der Waals surface area contributed by atoms with E-state index in [1.165, 1.54) is 4.52 Å². The Morgan fingerprint density at radius 2 is 2.00 bits per heavy atom. The summed E-state index contributed by atoms with van der Waals surface area (Å²) in [6.07, 6.45) is -0.543. The molecule has 0 aliphatic rings. The first-order valence-corrected chi connectivity index (χ1v) is 6.91. The molecule has 3 aromatic rings. The van der Waals surface area contributed by atoms with Crippen LogP contribution in [0, 0.1) is 6.92 Å². The highest BCUT2D eigenvalue weighted by atomic mass is 16.4. The number of aryl methyl sites for hydroxylation is 1. The van der Waals surface area contributed by atoms with Crippen LogP contribution in [0.3, 0.4) is 0 Å². The van der Waals surface area contributed by atoms with E-state index in [0.29, 0.717) is 17.0 Å². The van der Waals surface area contributed by atoms with Crippen molar-refractivity contribution in [3.05, 3.63) is 30.1 Å². The first-order chi connectivity index (χ1) is 11.0. The Morgan fingerprint density at radius 3 is 2.78 bits per heavy atom. The van der Waals surface area contributed by atoms with Crippen molar-refractivity contribution in [1.82, 2.24) is 25.0 Å². The zero-order valence-electron chi connectivity index (χ0n) is 12.2. The number of aliphatic carboxylic acids is 1. The summed E-state index contributed by atoms with van der Waals surface area (Å²) in [6, 6.07) is 7.43. The lowest BCUT2D eigenvalue weighted by atomic mass is 10.2. The molecule has 0 fully saturated rings. The van der Waals surface area contributed by atoms with Gasteiger partial charge in [0, 0.05) is 17.8 Å². The standard InChI is InChI=1S/C14H14N6O3/c1-8-15-13-9-4-2-3-5-10(9)16-14(20(13)19-8)18-17-11(21)6-7-12(22)23/h2-5H,6-7H2,1H3,(H,16,18)(H,17,21)(H,22,23)/p-1. The van der Waals surface area contributed by atoms with Crippen LogP contribution in [0.1, 0.15) is 18.7 Å². The van der Waals surface area contributed by atoms with E-state index in [1.807, 2.05) is 24.3 Å². The number of benzene rings is 1. The van der Waals surface area contributed by atoms with Crippen molar-refractivity contribution in [3.63, 3.8) is 0 Å². The van der Waals surface area contributed by atoms with Crippen LogP contribution < -0.4 is 16.0 Å². The molecule has 2 heterocycles. The van der Waals surface area contributed by atoms with Crippen LogP contribution in [0.25, 0.3) is 16.6 Å². The fourth-order valence-electron chi connectivity index (χ4n) is 2.14. The Kier molecular flexibility index (Phi) is 3.75. The first kappa shape index (κ1) is 14.7. The molecule has 2 aromatic heterocycles. The molecular weight excluding hydrogens is 300 g/mol. The van der Waals surface area contributed by atoms with E-state index in [4.69, 9.17) is 0 Å². The van der Waals surface area contributed by atoms with Crippen LogP contribution in [0.15, 0.2) is 24.3 Å². The van der Waals surface area contributed by atoms with Crippen molar-refractivity contribution in [2.45, 2.75) is 19.8 Å². The smallest absolute Gasteiger partial charge is 0.245 e. The zero-order chi connectivity index (χ0) is 16.4. The van der Waals surface area contributed by atoms with E-state index in [-0.39, 0.29) is 18.8 Å². The summed E-state index contributed by atoms with van der Waals surface area (Å²) in [5.74, 6) is -0.928. The van der Waals surface area contributed by atoms with Gasteiger partial charge in [0.15, 0.2) is 5.65 Å². The summed E-state index contributed by atoms with van der Waals surface area (Å²) in [4.78, 5) is 30.7. The van der Waals surface area contributed by atoms with Crippen LogP contribution in [0.5, 0.6) is 0 Å². The third-order valence-corrected chi connectivity index (χ3v) is 3.15. The van der Waals surface area contributed by atoms with Crippen molar-refractivity contribution < 1.29 is 14.7 Å². The molecule has 9 heteroatoms. The number of nitrogens with zero attached hydrogens (tertiary/aromatic N) is 4. The maximum Gasteiger partial charge on any atom is 0.245 e. The second-order valence-electron chi connectivity index (χ2n) is 4.89. The molecule has 0 aliphatic heterocycles. The minimum atomic E-state index is -1.28. The largest absolute Gasteiger partial charge is 0.550 e. The van der Waals surface area contributed by atoms with Gasteiger partial charge in [-0.05, 0) is 25.5 Å². The molecule has 9 nitrogen and oxygen atoms in total. The van der Waals surface area contributed by atoms with Gasteiger partial charge in [-0.2, -0.15) is 4.52 Å². The van der Waals surface area contributed by atoms with Crippen molar-refractivity contribution in [2.75, 3.05) is 5.43 Å². The molecule has 0 bridgehead atoms. The topological polar surface area (TPSA) is 124 Å². The summed E-state index contributed by atoms with van der Waals surface area (Å²) >= 11 is 0. The van der Waals surface area contributed by atoms with Gasteiger partial charge in [0.2, 0.25) is 11.9 Å². The fourth-order valence-corrected chi connectivity index (χ4v) is 2.14. The van der Waals surface area contributed by atoms with Gasteiger partial charge in [-0.15, -0.1) is 5.10 Å². The van der Waals surface area contributed by atoms with Gasteiger partial charge in [0.05, 0.1) is 5.52 Å². The van der Waals surface area contributed by atoms with Gasteiger partial charge >= 0.3 is 0 Å². The molecule has 0 spiro atoms. The predicted octanol–water partition coefficient (Wildman–Crippen LogP) is -0.441. The second kappa shape index (κ2) is 5.87. The van der Waals surface area contributed by atoms with Crippen LogP contribution in [-0.4, -0.2) is 31.5 Å². The lowest BCUT2D eigenvalue weighted by Crippen LogP contribution is -2.32. The Morgan fingerprint density at radius 1 is 1.22 bits per heavy atom. The van der Waals surface area contributed by atoms with Crippen LogP contribution in [0.4, 0.5) is 5.95 Å². The quantitative estimate of drug-likeness (QED) is 0.612. The van der Waals surface area contributed by atoms with Crippen molar-refractivity contribution >= 4 is 34.4 Å². The molecule has 3 rings (SSSR count). The Bertz CT molecular complexity index is 904. The Balaban J connectivity index is 1.90. The molecule has 0 radical (unpaired) electrons. The van der Waals surface area contributed by atoms with Gasteiger partial charge in [0.25, 0.3) is 0 Å². The van der Waals surface area contributed by atoms with Gasteiger partial charge in [-0.25, -0.2) is 9.97 Å². The lowest BCUT2D eigenvalue weighted by Gasteiger charge is -2.10. The number of hydrazine groups is 1. The number of nitrogens with one attached hydrogen (secondary N) is 2. The van der Waals surface area contributed by atoms with Crippen molar-refractivity contribution in [3.8, 4) is 0 Å². The predicted molar refractivity (Wildman–Crippen MR) is 79.0 cm³/mol. The molecule has 2 N–H and O–H groups in total. The summed E-state index contributed by atoms with van der Waals surface area (Å²) in [5, 5.41) is 15.4. The molecule has 0 saturated carbocycles. The van der Waals surface area contributed by atoms with E-state index in [0.717, 1.165) is 5.39 Å². The number of carboxylic acids is 1. The molecule has 0 unspecified atom stereocenters. The third kappa shape index (κ3) is 3.03. The van der Waals surface area contributed by atoms with Gasteiger partial charge in [0.1, 0.15) is 5.82 Å². The van der Waals surface area contributed by atoms with Gasteiger partial charge < -0.3 is 9.90 Å². The fraction of sp³-hybridized carbons (Fsp3) is 0.214. The number of carbonyl (C=O) groups excluding carboxylic acids is 2. The maximum atomic E-state index is 11.6. The van der Waals surface area contributed by atoms with Crippen molar-refractivity contribution in [2.24, 2.45) is 0 Å². The highest BCUT2D eigenvalue weighted by Crippen LogP contribution is 2.19. The second-order valence-corrected chi connectivity index (χ2v) is 4.89. The minimum Gasteiger partial charge on any atom is -0.550 e. The van der Waals surface area contributed by atoms with E-state index >= 15 is 0 Å². The normalized spacial score (nSPS) is 10.8. The summed E-state index contributed by atoms with van der Waals surface area (Å²) in [6.45, 7) is 1.75. The van der Waals surface area contributed by atoms with Crippen LogP contribution in [-0.2, 0) is 9.59 Å². The Hall–Kier alpha value is -3.23. The van der Waals surface area contributed by atoms with Gasteiger partial charge in [-0.1, -0.05) is 12.1 Å². The Labute approximate surface area is 130 Å². The monoisotopic (exact) mass is 313 g/mol. The number of carboxylic acid groups (broad SMARTS) is 1. The van der Waals surface area contributed by atoms with E-state index in [9.17, 15) is 14.7 Å². The van der Waals surface area contributed by atoms with E-state index in [1.54, 1.807) is 6.92 Å². The minimum absolute atomic E-state index is 0.192. The number of hydrogen-bond donors (Lipinski definition) is 2. The summed E-state index contributed by atoms with van der Waals surface area (Å²) < 4.78 is 1.48. The summed E-state index contributed by atoms with van der Waals surface area (Å²) in [5.41, 5.74) is 6.35. The lowest BCUT2D eigenvalue weighted by molar-refractivity contribution is -0.305. The molecular formula is C14H13N6O3-. The molecule has 23 heavy (non-hydrogen) atoms. The SMILES string of the molecule is Cc1nc2c3ccccc3nc(NNC(=O)CCC(=O)[O-])n2n1. The maximum absolute atomic E-state index is 11.6. The van der Waals surface area contributed by atoms with Gasteiger partial charge in [-0.3, -0.25) is 15.6 Å². The van der Waals surface area contributed by atoms with E-state index < -0.39 is 11.9 Å². The molecule has 0 saturated heterocycles. The van der Waals surface area contributed by atoms with E-state index in [2.05, 4.69) is 25.9 Å². The third-order valence-electron chi connectivity index (χ3n) is 3.15. The number of amides is 1. The number of carbonyl (C=O) groups is 2. The highest BCUT2D eigenvalue weighted by molar-refractivity contribution is 5.92. The number of rotatable bonds is 5. The molecule has 118 valence electrons. The number of aromatic nitrogens is 4. The molecule has 1 aromatic carbocycles. The number of hydrogen-bond acceptors (Lipinski definition) is 7. The number of para-hydroxylation sites is 1. The average molecular weight is 313 g/mol. The first-order valence-electron chi connectivity index (χ1n) is 6.91. The number of fused-ring (bicyclic) bond motifs is 3. The van der Waals surface area contributed by atoms with Crippen molar-refractivity contribution in [1.29, 1.82) is 0 Å². The molecule has 1 amide bonds.